The SMILES string of the molecule is Cc1c(C(=O)NNC(=O)C(C)C)sc2nc(Cc3ccccc3)[nH]c(=O)c12. The highest BCUT2D eigenvalue weighted by atomic mass is 32.1. The molecule has 0 saturated carbocycles. The van der Waals surface area contributed by atoms with Crippen LogP contribution in [0.1, 0.15) is 40.5 Å². The first-order chi connectivity index (χ1) is 12.9. The molecule has 0 spiro atoms. The molecule has 8 heteroatoms. The third-order valence-corrected chi connectivity index (χ3v) is 5.28. The molecule has 3 aromatic rings. The van der Waals surface area contributed by atoms with Crippen LogP contribution in [-0.2, 0) is 11.2 Å². The van der Waals surface area contributed by atoms with E-state index in [1.165, 1.54) is 0 Å². The van der Waals surface area contributed by atoms with E-state index in [2.05, 4.69) is 20.8 Å². The van der Waals surface area contributed by atoms with Gasteiger partial charge in [-0.15, -0.1) is 11.3 Å². The number of thiophene rings is 1. The van der Waals surface area contributed by atoms with Gasteiger partial charge < -0.3 is 4.98 Å². The van der Waals surface area contributed by atoms with Gasteiger partial charge in [0.25, 0.3) is 11.5 Å². The van der Waals surface area contributed by atoms with Crippen LogP contribution in [0.2, 0.25) is 0 Å². The largest absolute Gasteiger partial charge is 0.310 e. The van der Waals surface area contributed by atoms with Gasteiger partial charge in [0.1, 0.15) is 10.7 Å². The molecular weight excluding hydrogens is 364 g/mol. The number of nitrogens with zero attached hydrogens (tertiary/aromatic N) is 1. The van der Waals surface area contributed by atoms with Gasteiger partial charge in [0, 0.05) is 12.3 Å². The highest BCUT2D eigenvalue weighted by Crippen LogP contribution is 2.27. The highest BCUT2D eigenvalue weighted by Gasteiger charge is 2.20. The van der Waals surface area contributed by atoms with E-state index in [4.69, 9.17) is 0 Å². The first-order valence-electron chi connectivity index (χ1n) is 8.53. The predicted molar refractivity (Wildman–Crippen MR) is 105 cm³/mol. The van der Waals surface area contributed by atoms with Gasteiger partial charge in [-0.05, 0) is 18.1 Å². The maximum Gasteiger partial charge on any atom is 0.280 e. The maximum absolute atomic E-state index is 12.5. The van der Waals surface area contributed by atoms with Crippen LogP contribution in [0.3, 0.4) is 0 Å². The maximum atomic E-state index is 12.5. The van der Waals surface area contributed by atoms with Crippen LogP contribution >= 0.6 is 11.3 Å². The zero-order chi connectivity index (χ0) is 19.6. The Hall–Kier alpha value is -3.00. The summed E-state index contributed by atoms with van der Waals surface area (Å²) in [4.78, 5) is 44.7. The summed E-state index contributed by atoms with van der Waals surface area (Å²) in [6.07, 6.45) is 0.495. The third-order valence-electron chi connectivity index (χ3n) is 4.09. The Morgan fingerprint density at radius 1 is 1.19 bits per heavy atom. The molecule has 0 saturated heterocycles. The average Bonchev–Trinajstić information content (AvgIpc) is 2.97. The summed E-state index contributed by atoms with van der Waals surface area (Å²) in [6.45, 7) is 5.15. The van der Waals surface area contributed by atoms with Gasteiger partial charge in [0.15, 0.2) is 0 Å². The summed E-state index contributed by atoms with van der Waals surface area (Å²) in [5.74, 6) is -0.462. The van der Waals surface area contributed by atoms with E-state index in [0.717, 1.165) is 16.9 Å². The number of nitrogens with one attached hydrogen (secondary N) is 3. The molecular formula is C19H20N4O3S. The van der Waals surface area contributed by atoms with Crippen LogP contribution in [0.5, 0.6) is 0 Å². The smallest absolute Gasteiger partial charge is 0.280 e. The van der Waals surface area contributed by atoms with Gasteiger partial charge in [0.05, 0.1) is 10.3 Å². The van der Waals surface area contributed by atoms with Crippen molar-refractivity contribution in [3.63, 3.8) is 0 Å². The molecule has 0 bridgehead atoms. The van der Waals surface area contributed by atoms with Crippen LogP contribution in [0.25, 0.3) is 10.2 Å². The summed E-state index contributed by atoms with van der Waals surface area (Å²) in [5.41, 5.74) is 6.06. The number of aromatic amines is 1. The van der Waals surface area contributed by atoms with Gasteiger partial charge in [-0.2, -0.15) is 0 Å². The van der Waals surface area contributed by atoms with Crippen molar-refractivity contribution in [1.82, 2.24) is 20.8 Å². The molecule has 0 aliphatic heterocycles. The number of rotatable bonds is 4. The standard InChI is InChI=1S/C19H20N4O3S/c1-10(2)16(24)22-23-18(26)15-11(3)14-17(25)20-13(21-19(14)27-15)9-12-7-5-4-6-8-12/h4-8,10H,9H2,1-3H3,(H,22,24)(H,23,26)(H,20,21,25). The number of hydrazine groups is 1. The van der Waals surface area contributed by atoms with Crippen molar-refractivity contribution in [2.24, 2.45) is 5.92 Å². The molecule has 2 aromatic heterocycles. The number of carbonyl (C=O) groups is 2. The molecule has 0 fully saturated rings. The molecule has 3 N–H and O–H groups in total. The van der Waals surface area contributed by atoms with Gasteiger partial charge >= 0.3 is 0 Å². The first-order valence-corrected chi connectivity index (χ1v) is 9.35. The van der Waals surface area contributed by atoms with Crippen molar-refractivity contribution < 1.29 is 9.59 Å². The molecule has 0 aliphatic rings. The molecule has 140 valence electrons. The molecule has 27 heavy (non-hydrogen) atoms. The molecule has 2 amide bonds. The lowest BCUT2D eigenvalue weighted by molar-refractivity contribution is -0.124. The van der Waals surface area contributed by atoms with Crippen LogP contribution in [-0.4, -0.2) is 21.8 Å². The number of carbonyl (C=O) groups excluding carboxylic acids is 2. The van der Waals surface area contributed by atoms with Gasteiger partial charge in [-0.1, -0.05) is 44.2 Å². The van der Waals surface area contributed by atoms with E-state index in [1.807, 2.05) is 30.3 Å². The number of amides is 2. The molecule has 0 radical (unpaired) electrons. The second-order valence-electron chi connectivity index (χ2n) is 6.51. The molecule has 0 atom stereocenters. The number of fused-ring (bicyclic) bond motifs is 1. The summed E-state index contributed by atoms with van der Waals surface area (Å²) in [5, 5.41) is 0.400. The molecule has 3 rings (SSSR count). The van der Waals surface area contributed by atoms with Crippen molar-refractivity contribution in [3.05, 3.63) is 62.5 Å². The lowest BCUT2D eigenvalue weighted by atomic mass is 10.1. The van der Waals surface area contributed by atoms with Gasteiger partial charge in [-0.3, -0.25) is 25.2 Å². The number of hydrogen-bond acceptors (Lipinski definition) is 5. The number of benzene rings is 1. The van der Waals surface area contributed by atoms with E-state index in [-0.39, 0.29) is 17.4 Å². The summed E-state index contributed by atoms with van der Waals surface area (Å²) in [6, 6.07) is 9.69. The average molecular weight is 384 g/mol. The Morgan fingerprint density at radius 2 is 1.89 bits per heavy atom. The minimum absolute atomic E-state index is 0.251. The molecule has 1 aromatic carbocycles. The van der Waals surface area contributed by atoms with Crippen molar-refractivity contribution in [1.29, 1.82) is 0 Å². The minimum atomic E-state index is -0.464. The Kier molecular flexibility index (Phi) is 5.36. The zero-order valence-corrected chi connectivity index (χ0v) is 16.1. The Morgan fingerprint density at radius 3 is 2.56 bits per heavy atom. The summed E-state index contributed by atoms with van der Waals surface area (Å²) in [7, 11) is 0. The van der Waals surface area contributed by atoms with E-state index in [9.17, 15) is 14.4 Å². The van der Waals surface area contributed by atoms with E-state index < -0.39 is 5.91 Å². The number of H-pyrrole nitrogens is 1. The number of aryl methyl sites for hydroxylation is 1. The second kappa shape index (κ2) is 7.71. The number of hydrogen-bond donors (Lipinski definition) is 3. The fourth-order valence-corrected chi connectivity index (χ4v) is 3.69. The minimum Gasteiger partial charge on any atom is -0.310 e. The van der Waals surface area contributed by atoms with E-state index in [1.54, 1.807) is 20.8 Å². The van der Waals surface area contributed by atoms with Crippen molar-refractivity contribution in [2.45, 2.75) is 27.2 Å². The zero-order valence-electron chi connectivity index (χ0n) is 15.3. The predicted octanol–water partition coefficient (Wildman–Crippen LogP) is 2.30. The van der Waals surface area contributed by atoms with Gasteiger partial charge in [-0.25, -0.2) is 4.98 Å². The van der Waals surface area contributed by atoms with E-state index in [0.29, 0.717) is 32.9 Å². The number of aromatic nitrogens is 2. The van der Waals surface area contributed by atoms with Crippen molar-refractivity contribution >= 4 is 33.4 Å². The topological polar surface area (TPSA) is 104 Å². The van der Waals surface area contributed by atoms with Crippen LogP contribution < -0.4 is 16.4 Å². The fourth-order valence-electron chi connectivity index (χ4n) is 2.60. The fraction of sp³-hybridized carbons (Fsp3) is 0.263. The molecule has 7 nitrogen and oxygen atoms in total. The lowest BCUT2D eigenvalue weighted by Gasteiger charge is -2.08. The third kappa shape index (κ3) is 4.06. The molecule has 0 aliphatic carbocycles. The van der Waals surface area contributed by atoms with Crippen LogP contribution in [0.15, 0.2) is 35.1 Å². The van der Waals surface area contributed by atoms with Gasteiger partial charge in [0.2, 0.25) is 5.91 Å². The Labute approximate surface area is 159 Å². The normalized spacial score (nSPS) is 11.0. The summed E-state index contributed by atoms with van der Waals surface area (Å²) < 4.78 is 0. The second-order valence-corrected chi connectivity index (χ2v) is 7.51. The monoisotopic (exact) mass is 384 g/mol. The summed E-state index contributed by atoms with van der Waals surface area (Å²) >= 11 is 1.14. The molecule has 0 unspecified atom stereocenters. The highest BCUT2D eigenvalue weighted by molar-refractivity contribution is 7.20. The van der Waals surface area contributed by atoms with Crippen LogP contribution in [0, 0.1) is 12.8 Å². The molecule has 2 heterocycles. The first kappa shape index (κ1) is 18.8. The van der Waals surface area contributed by atoms with E-state index >= 15 is 0 Å². The lowest BCUT2D eigenvalue weighted by Crippen LogP contribution is -2.43. The van der Waals surface area contributed by atoms with Crippen LogP contribution in [0.4, 0.5) is 0 Å². The van der Waals surface area contributed by atoms with Crippen molar-refractivity contribution in [2.75, 3.05) is 0 Å². The quantitative estimate of drug-likeness (QED) is 0.600. The Balaban J connectivity index is 1.89. The van der Waals surface area contributed by atoms with Crippen molar-refractivity contribution in [3.8, 4) is 0 Å². The Bertz CT molecular complexity index is 1050.